The van der Waals surface area contributed by atoms with Crippen LogP contribution in [0.1, 0.15) is 77.5 Å². The van der Waals surface area contributed by atoms with Gasteiger partial charge in [-0.1, -0.05) is 55.5 Å². The Bertz CT molecular complexity index is 2110. The fourth-order valence-corrected chi connectivity index (χ4v) is 8.04. The van der Waals surface area contributed by atoms with Crippen molar-refractivity contribution in [2.24, 2.45) is 11.3 Å². The van der Waals surface area contributed by atoms with E-state index < -0.39 is 5.60 Å². The van der Waals surface area contributed by atoms with E-state index in [4.69, 9.17) is 14.5 Å². The van der Waals surface area contributed by atoms with Crippen molar-refractivity contribution in [2.75, 3.05) is 20.3 Å². The molecule has 3 aliphatic rings. The van der Waals surface area contributed by atoms with Gasteiger partial charge in [-0.25, -0.2) is 14.8 Å². The van der Waals surface area contributed by atoms with Crippen molar-refractivity contribution in [1.29, 1.82) is 0 Å². The summed E-state index contributed by atoms with van der Waals surface area (Å²) in [6, 6.07) is 21.6. The highest BCUT2D eigenvalue weighted by molar-refractivity contribution is 5.90. The number of fused-ring (bicyclic) bond motifs is 3. The maximum atomic E-state index is 13.2. The zero-order valence-corrected chi connectivity index (χ0v) is 30.7. The van der Waals surface area contributed by atoms with Gasteiger partial charge in [0.05, 0.1) is 36.4 Å². The molecule has 3 atom stereocenters. The van der Waals surface area contributed by atoms with E-state index >= 15 is 0 Å². The predicted octanol–water partition coefficient (Wildman–Crippen LogP) is 8.52. The summed E-state index contributed by atoms with van der Waals surface area (Å²) in [5.74, 6) is 1.98. The maximum absolute atomic E-state index is 13.2. The number of nitrogens with zero attached hydrogens (tertiary/aromatic N) is 4. The molecular formula is C42H48N6O4. The summed E-state index contributed by atoms with van der Waals surface area (Å²) in [5, 5.41) is 2.29. The van der Waals surface area contributed by atoms with E-state index in [0.717, 1.165) is 88.2 Å². The van der Waals surface area contributed by atoms with Crippen LogP contribution in [0.4, 0.5) is 4.79 Å². The molecule has 3 unspecified atom stereocenters. The quantitative estimate of drug-likeness (QED) is 0.151. The van der Waals surface area contributed by atoms with Crippen molar-refractivity contribution >= 4 is 22.8 Å². The van der Waals surface area contributed by atoms with Crippen molar-refractivity contribution in [3.63, 3.8) is 0 Å². The van der Waals surface area contributed by atoms with E-state index in [-0.39, 0.29) is 36.1 Å². The van der Waals surface area contributed by atoms with E-state index in [1.807, 2.05) is 43.0 Å². The number of aromatic nitrogens is 4. The highest BCUT2D eigenvalue weighted by atomic mass is 16.6. The molecule has 0 radical (unpaired) electrons. The number of methoxy groups -OCH3 is 1. The lowest BCUT2D eigenvalue weighted by molar-refractivity contribution is -0.136. The van der Waals surface area contributed by atoms with Gasteiger partial charge in [-0.2, -0.15) is 0 Å². The molecule has 3 aromatic carbocycles. The normalized spacial score (nSPS) is 20.4. The van der Waals surface area contributed by atoms with Crippen LogP contribution in [0.5, 0.6) is 0 Å². The number of carbonyl (C=O) groups excluding carboxylic acids is 2. The lowest BCUT2D eigenvalue weighted by Crippen LogP contribution is -2.43. The van der Waals surface area contributed by atoms with Gasteiger partial charge in [0.2, 0.25) is 5.91 Å². The van der Waals surface area contributed by atoms with Gasteiger partial charge in [0.1, 0.15) is 23.9 Å². The van der Waals surface area contributed by atoms with Crippen molar-refractivity contribution in [2.45, 2.75) is 84.0 Å². The van der Waals surface area contributed by atoms with Crippen LogP contribution < -0.4 is 0 Å². The standard InChI is InChI=1S/C42H48N6O4/c1-41(2,3)52-40(50)48-33-15-14-32(20-33)38(48)39-44-22-34(46-39)27-8-6-26(7-9-27)28-10-11-30-19-31(13-12-29(30)18-28)35-21-43-36(45-35)23-47(37(49)24-51-5)25-42(4)16-17-42/h6-13,18-19,21-22,32-33,38H,14-17,20,23-25H2,1-5H3,(H,43,45)(H,44,46). The first-order valence-corrected chi connectivity index (χ1v) is 18.5. The fraction of sp³-hybridized carbons (Fsp3) is 0.429. The molecule has 1 aliphatic heterocycles. The van der Waals surface area contributed by atoms with Gasteiger partial charge in [0.15, 0.2) is 0 Å². The Hall–Kier alpha value is -4.96. The minimum Gasteiger partial charge on any atom is -0.444 e. The Morgan fingerprint density at radius 2 is 1.54 bits per heavy atom. The predicted molar refractivity (Wildman–Crippen MR) is 201 cm³/mol. The number of aromatic amines is 2. The molecule has 10 nitrogen and oxygen atoms in total. The molecule has 2 N–H and O–H groups in total. The molecular weight excluding hydrogens is 652 g/mol. The van der Waals surface area contributed by atoms with Gasteiger partial charge in [-0.05, 0) is 104 Å². The largest absolute Gasteiger partial charge is 0.444 e. The number of ether oxygens (including phenoxy) is 2. The topological polar surface area (TPSA) is 116 Å². The fourth-order valence-electron chi connectivity index (χ4n) is 8.04. The first-order chi connectivity index (χ1) is 24.9. The third kappa shape index (κ3) is 6.96. The molecule has 2 saturated carbocycles. The summed E-state index contributed by atoms with van der Waals surface area (Å²) >= 11 is 0. The Morgan fingerprint density at radius 1 is 0.885 bits per heavy atom. The summed E-state index contributed by atoms with van der Waals surface area (Å²) < 4.78 is 10.9. The first kappa shape index (κ1) is 34.1. The number of rotatable bonds is 10. The van der Waals surface area contributed by atoms with Gasteiger partial charge >= 0.3 is 6.09 Å². The Balaban J connectivity index is 0.954. The van der Waals surface area contributed by atoms with Crippen LogP contribution in [0.25, 0.3) is 44.4 Å². The number of H-pyrrole nitrogens is 2. The number of likely N-dealkylation sites (tertiary alicyclic amines) is 1. The number of hydrogen-bond donors (Lipinski definition) is 2. The average Bonchev–Trinajstić information content (AvgIpc) is 3.66. The van der Waals surface area contributed by atoms with Crippen molar-refractivity contribution < 1.29 is 19.1 Å². The highest BCUT2D eigenvalue weighted by Crippen LogP contribution is 2.50. The Kier molecular flexibility index (Phi) is 8.68. The minimum absolute atomic E-state index is 0.0146. The van der Waals surface area contributed by atoms with Gasteiger partial charge in [-0.15, -0.1) is 0 Å². The minimum atomic E-state index is -0.538. The van der Waals surface area contributed by atoms with Gasteiger partial charge in [0, 0.05) is 25.3 Å². The van der Waals surface area contributed by atoms with Crippen molar-refractivity contribution in [3.8, 4) is 33.6 Å². The zero-order chi connectivity index (χ0) is 36.2. The number of imidazole rings is 2. The van der Waals surface area contributed by atoms with Crippen LogP contribution in [0.3, 0.4) is 0 Å². The zero-order valence-electron chi connectivity index (χ0n) is 30.7. The molecule has 10 heteroatoms. The summed E-state index contributed by atoms with van der Waals surface area (Å²) in [5.41, 5.74) is 5.89. The summed E-state index contributed by atoms with van der Waals surface area (Å²) in [6.45, 7) is 9.19. The number of nitrogens with one attached hydrogen (secondary N) is 2. The van der Waals surface area contributed by atoms with Gasteiger partial charge in [-0.3, -0.25) is 9.69 Å². The van der Waals surface area contributed by atoms with Crippen LogP contribution in [-0.4, -0.2) is 73.6 Å². The van der Waals surface area contributed by atoms with E-state index in [9.17, 15) is 9.59 Å². The van der Waals surface area contributed by atoms with Crippen molar-refractivity contribution in [3.05, 3.63) is 84.7 Å². The molecule has 52 heavy (non-hydrogen) atoms. The third-order valence-corrected chi connectivity index (χ3v) is 11.0. The average molecular weight is 701 g/mol. The summed E-state index contributed by atoms with van der Waals surface area (Å²) in [7, 11) is 1.55. The van der Waals surface area contributed by atoms with Crippen LogP contribution >= 0.6 is 0 Å². The first-order valence-electron chi connectivity index (χ1n) is 18.5. The molecule has 8 rings (SSSR count). The molecule has 2 amide bonds. The van der Waals surface area contributed by atoms with Crippen LogP contribution in [-0.2, 0) is 20.8 Å². The monoisotopic (exact) mass is 700 g/mol. The molecule has 3 fully saturated rings. The van der Waals surface area contributed by atoms with E-state index in [0.29, 0.717) is 19.0 Å². The molecule has 2 aliphatic carbocycles. The van der Waals surface area contributed by atoms with Gasteiger partial charge < -0.3 is 24.3 Å². The van der Waals surface area contributed by atoms with E-state index in [2.05, 4.69) is 82.5 Å². The third-order valence-electron chi connectivity index (χ3n) is 11.0. The Morgan fingerprint density at radius 3 is 2.25 bits per heavy atom. The highest BCUT2D eigenvalue weighted by Gasteiger charge is 2.51. The lowest BCUT2D eigenvalue weighted by atomic mass is 9.98. The number of amides is 2. The van der Waals surface area contributed by atoms with Crippen LogP contribution in [0, 0.1) is 11.3 Å². The number of benzene rings is 3. The number of piperidine rings is 1. The second-order valence-corrected chi connectivity index (χ2v) is 16.3. The molecule has 3 heterocycles. The molecule has 2 bridgehead atoms. The van der Waals surface area contributed by atoms with Gasteiger partial charge in [0.25, 0.3) is 0 Å². The Labute approximate surface area is 304 Å². The van der Waals surface area contributed by atoms with Crippen LogP contribution in [0.15, 0.2) is 73.1 Å². The second-order valence-electron chi connectivity index (χ2n) is 16.3. The molecule has 5 aromatic rings. The smallest absolute Gasteiger partial charge is 0.411 e. The molecule has 1 saturated heterocycles. The number of carbonyl (C=O) groups is 2. The lowest BCUT2D eigenvalue weighted by Gasteiger charge is -2.35. The summed E-state index contributed by atoms with van der Waals surface area (Å²) in [6.07, 6.45) is 8.90. The molecule has 2 aromatic heterocycles. The maximum Gasteiger partial charge on any atom is 0.411 e. The van der Waals surface area contributed by atoms with E-state index in [1.165, 1.54) is 0 Å². The summed E-state index contributed by atoms with van der Waals surface area (Å²) in [4.78, 5) is 46.1. The van der Waals surface area contributed by atoms with E-state index in [1.54, 1.807) is 7.11 Å². The second kappa shape index (κ2) is 13.2. The number of hydrogen-bond acceptors (Lipinski definition) is 6. The molecule has 0 spiro atoms. The molecule has 270 valence electrons. The van der Waals surface area contributed by atoms with Crippen LogP contribution in [0.2, 0.25) is 0 Å². The SMILES string of the molecule is COCC(=O)N(Cc1ncc(-c2ccc3cc(-c4ccc(-c5cnc(C6C7CCC(C7)N6C(=O)OC(C)(C)C)[nH]5)cc4)ccc3c2)[nH]1)CC1(C)CC1. The van der Waals surface area contributed by atoms with Crippen molar-refractivity contribution in [1.82, 2.24) is 29.7 Å².